The van der Waals surface area contributed by atoms with Gasteiger partial charge < -0.3 is 10.1 Å². The molecule has 0 fully saturated rings. The van der Waals surface area contributed by atoms with E-state index >= 15 is 0 Å². The molecule has 0 unspecified atom stereocenters. The van der Waals surface area contributed by atoms with Gasteiger partial charge in [0.1, 0.15) is 5.75 Å². The first-order chi connectivity index (χ1) is 12.7. The van der Waals surface area contributed by atoms with Crippen LogP contribution in [0.4, 0.5) is 18.9 Å². The highest BCUT2D eigenvalue weighted by molar-refractivity contribution is 7.89. The summed E-state index contributed by atoms with van der Waals surface area (Å²) in [7, 11) is -4.05. The quantitative estimate of drug-likeness (QED) is 0.698. The summed E-state index contributed by atoms with van der Waals surface area (Å²) in [4.78, 5) is 12.0. The molecule has 0 saturated carbocycles. The standard InChI is InChI=1S/C17H17F3N2O4S/c1-3-26-11-4-6-12(7-5-11)27(24,25)22-10(2)17(23)21-14-9-8-13(18)15(19)16(14)20/h4-10,22H,3H2,1-2H3,(H,21,23)/t10-/m1/s1. The maximum absolute atomic E-state index is 13.6. The van der Waals surface area contributed by atoms with Gasteiger partial charge in [-0.3, -0.25) is 4.79 Å². The molecule has 1 atom stereocenters. The highest BCUT2D eigenvalue weighted by Crippen LogP contribution is 2.20. The summed E-state index contributed by atoms with van der Waals surface area (Å²) in [5.41, 5.74) is -0.606. The molecule has 2 N–H and O–H groups in total. The number of amides is 1. The van der Waals surface area contributed by atoms with Crippen molar-refractivity contribution in [3.8, 4) is 5.75 Å². The monoisotopic (exact) mass is 402 g/mol. The summed E-state index contributed by atoms with van der Waals surface area (Å²) in [6, 6.07) is 5.68. The van der Waals surface area contributed by atoms with Crippen LogP contribution in [0.3, 0.4) is 0 Å². The number of sulfonamides is 1. The normalized spacial score (nSPS) is 12.5. The van der Waals surface area contributed by atoms with Gasteiger partial charge in [-0.15, -0.1) is 0 Å². The minimum atomic E-state index is -4.05. The van der Waals surface area contributed by atoms with Crippen LogP contribution >= 0.6 is 0 Å². The Morgan fingerprint density at radius 3 is 2.30 bits per heavy atom. The summed E-state index contributed by atoms with van der Waals surface area (Å²) in [5, 5.41) is 2.01. The van der Waals surface area contributed by atoms with Crippen molar-refractivity contribution < 1.29 is 31.1 Å². The summed E-state index contributed by atoms with van der Waals surface area (Å²) in [5.74, 6) is -5.19. The Balaban J connectivity index is 2.09. The number of anilines is 1. The fraction of sp³-hybridized carbons (Fsp3) is 0.235. The van der Waals surface area contributed by atoms with Gasteiger partial charge in [-0.2, -0.15) is 4.72 Å². The van der Waals surface area contributed by atoms with Crippen molar-refractivity contribution in [2.45, 2.75) is 24.8 Å². The number of ether oxygens (including phenoxy) is 1. The third-order valence-corrected chi connectivity index (χ3v) is 5.02. The van der Waals surface area contributed by atoms with Crippen LogP contribution in [0, 0.1) is 17.5 Å². The summed E-state index contributed by atoms with van der Waals surface area (Å²) in [6.45, 7) is 3.42. The predicted molar refractivity (Wildman–Crippen MR) is 92.3 cm³/mol. The lowest BCUT2D eigenvalue weighted by Crippen LogP contribution is -2.41. The zero-order chi connectivity index (χ0) is 20.2. The first-order valence-corrected chi connectivity index (χ1v) is 9.33. The second-order valence-electron chi connectivity index (χ2n) is 5.46. The smallest absolute Gasteiger partial charge is 0.242 e. The molecule has 0 aliphatic carbocycles. The molecule has 0 bridgehead atoms. The van der Waals surface area contributed by atoms with Crippen molar-refractivity contribution in [1.82, 2.24) is 4.72 Å². The number of carbonyl (C=O) groups is 1. The van der Waals surface area contributed by atoms with E-state index in [0.29, 0.717) is 18.4 Å². The van der Waals surface area contributed by atoms with Crippen LogP contribution in [-0.2, 0) is 14.8 Å². The van der Waals surface area contributed by atoms with Crippen LogP contribution in [-0.4, -0.2) is 27.0 Å². The van der Waals surface area contributed by atoms with Crippen molar-refractivity contribution in [3.63, 3.8) is 0 Å². The minimum Gasteiger partial charge on any atom is -0.494 e. The van der Waals surface area contributed by atoms with E-state index < -0.39 is 45.1 Å². The summed E-state index contributed by atoms with van der Waals surface area (Å²) < 4.78 is 71.7. The molecule has 0 aromatic heterocycles. The average molecular weight is 402 g/mol. The molecule has 2 aromatic rings. The molecule has 27 heavy (non-hydrogen) atoms. The molecule has 0 saturated heterocycles. The molecule has 0 heterocycles. The Kier molecular flexibility index (Phi) is 6.45. The predicted octanol–water partition coefficient (Wildman–Crippen LogP) is 2.81. The number of rotatable bonds is 7. The fourth-order valence-electron chi connectivity index (χ4n) is 2.10. The fourth-order valence-corrected chi connectivity index (χ4v) is 3.30. The summed E-state index contributed by atoms with van der Waals surface area (Å²) in [6.07, 6.45) is 0. The Morgan fingerprint density at radius 2 is 1.70 bits per heavy atom. The lowest BCUT2D eigenvalue weighted by molar-refractivity contribution is -0.117. The number of hydrogen-bond donors (Lipinski definition) is 2. The lowest BCUT2D eigenvalue weighted by atomic mass is 10.2. The van der Waals surface area contributed by atoms with Gasteiger partial charge >= 0.3 is 0 Å². The minimum absolute atomic E-state index is 0.107. The third kappa shape index (κ3) is 4.98. The first kappa shape index (κ1) is 20.7. The van der Waals surface area contributed by atoms with Gasteiger partial charge in [0.15, 0.2) is 17.5 Å². The van der Waals surface area contributed by atoms with E-state index in [4.69, 9.17) is 4.74 Å². The van der Waals surface area contributed by atoms with Crippen molar-refractivity contribution in [2.75, 3.05) is 11.9 Å². The van der Waals surface area contributed by atoms with Crippen LogP contribution in [0.5, 0.6) is 5.75 Å². The zero-order valence-electron chi connectivity index (χ0n) is 14.4. The van der Waals surface area contributed by atoms with Gasteiger partial charge in [-0.1, -0.05) is 0 Å². The van der Waals surface area contributed by atoms with Gasteiger partial charge in [0.2, 0.25) is 15.9 Å². The molecule has 10 heteroatoms. The average Bonchev–Trinajstić information content (AvgIpc) is 2.62. The number of carbonyl (C=O) groups excluding carboxylic acids is 1. The molecule has 2 aromatic carbocycles. The van der Waals surface area contributed by atoms with E-state index in [-0.39, 0.29) is 4.90 Å². The Hall–Kier alpha value is -2.59. The van der Waals surface area contributed by atoms with Crippen molar-refractivity contribution in [3.05, 3.63) is 53.8 Å². The highest BCUT2D eigenvalue weighted by atomic mass is 32.2. The number of nitrogens with one attached hydrogen (secondary N) is 2. The first-order valence-electron chi connectivity index (χ1n) is 7.85. The third-order valence-electron chi connectivity index (χ3n) is 3.46. The maximum atomic E-state index is 13.6. The number of halogens is 3. The topological polar surface area (TPSA) is 84.5 Å². The Bertz CT molecular complexity index is 934. The van der Waals surface area contributed by atoms with Crippen molar-refractivity contribution in [1.29, 1.82) is 0 Å². The Morgan fingerprint density at radius 1 is 1.07 bits per heavy atom. The van der Waals surface area contributed by atoms with Crippen LogP contribution < -0.4 is 14.8 Å². The SMILES string of the molecule is CCOc1ccc(S(=O)(=O)N[C@H](C)C(=O)Nc2ccc(F)c(F)c2F)cc1. The Labute approximate surface area is 154 Å². The molecule has 1 amide bonds. The van der Waals surface area contributed by atoms with Gasteiger partial charge in [-0.25, -0.2) is 21.6 Å². The van der Waals surface area contributed by atoms with Gasteiger partial charge in [0, 0.05) is 0 Å². The molecule has 6 nitrogen and oxygen atoms in total. The van der Waals surface area contributed by atoms with E-state index in [1.165, 1.54) is 31.2 Å². The highest BCUT2D eigenvalue weighted by Gasteiger charge is 2.24. The number of hydrogen-bond acceptors (Lipinski definition) is 4. The van der Waals surface area contributed by atoms with Crippen LogP contribution in [0.2, 0.25) is 0 Å². The molecule has 146 valence electrons. The maximum Gasteiger partial charge on any atom is 0.242 e. The van der Waals surface area contributed by atoms with Crippen LogP contribution in [0.1, 0.15) is 13.8 Å². The van der Waals surface area contributed by atoms with Gasteiger partial charge in [0.25, 0.3) is 0 Å². The van der Waals surface area contributed by atoms with Crippen LogP contribution in [0.25, 0.3) is 0 Å². The molecule has 0 spiro atoms. The number of benzene rings is 2. The molecular formula is C17H17F3N2O4S. The largest absolute Gasteiger partial charge is 0.494 e. The van der Waals surface area contributed by atoms with E-state index in [0.717, 1.165) is 6.07 Å². The molecule has 0 radical (unpaired) electrons. The lowest BCUT2D eigenvalue weighted by Gasteiger charge is -2.15. The van der Waals surface area contributed by atoms with E-state index in [1.54, 1.807) is 6.92 Å². The molecule has 0 aliphatic heterocycles. The second-order valence-corrected chi connectivity index (χ2v) is 7.17. The van der Waals surface area contributed by atoms with Crippen molar-refractivity contribution >= 4 is 21.6 Å². The van der Waals surface area contributed by atoms with Gasteiger partial charge in [-0.05, 0) is 50.2 Å². The van der Waals surface area contributed by atoms with Crippen molar-refractivity contribution in [2.24, 2.45) is 0 Å². The molecular weight excluding hydrogens is 385 g/mol. The molecule has 0 aliphatic rings. The van der Waals surface area contributed by atoms with E-state index in [1.807, 2.05) is 5.32 Å². The van der Waals surface area contributed by atoms with E-state index in [2.05, 4.69) is 4.72 Å². The van der Waals surface area contributed by atoms with Gasteiger partial charge in [0.05, 0.1) is 23.2 Å². The van der Waals surface area contributed by atoms with Crippen LogP contribution in [0.15, 0.2) is 41.3 Å². The molecule has 2 rings (SSSR count). The summed E-state index contributed by atoms with van der Waals surface area (Å²) >= 11 is 0. The van der Waals surface area contributed by atoms with E-state index in [9.17, 15) is 26.4 Å². The zero-order valence-corrected chi connectivity index (χ0v) is 15.2. The second kappa shape index (κ2) is 8.40.